The third kappa shape index (κ3) is 17.5. The zero-order valence-corrected chi connectivity index (χ0v) is 41.2. The fourth-order valence-corrected chi connectivity index (χ4v) is 9.33. The number of carbonyl (C=O) groups excluding carboxylic acids is 5. The summed E-state index contributed by atoms with van der Waals surface area (Å²) < 4.78 is 43.2. The van der Waals surface area contributed by atoms with Crippen LogP contribution >= 0.6 is 0 Å². The quantitative estimate of drug-likeness (QED) is 0.0577. The largest absolute Gasteiger partial charge is 0.481 e. The van der Waals surface area contributed by atoms with Crippen molar-refractivity contribution in [3.63, 3.8) is 0 Å². The first-order chi connectivity index (χ1) is 32.2. The van der Waals surface area contributed by atoms with Gasteiger partial charge in [0.15, 0.2) is 5.78 Å². The van der Waals surface area contributed by atoms with E-state index in [1.165, 1.54) is 12.1 Å². The Balaban J connectivity index is 1.55. The Bertz CT molecular complexity index is 2290. The molecule has 68 heavy (non-hydrogen) atoms. The number of hydrogen-bond donors (Lipinski definition) is 5. The lowest BCUT2D eigenvalue weighted by Crippen LogP contribution is -2.60. The number of hydrogen-bond acceptors (Lipinski definition) is 12. The van der Waals surface area contributed by atoms with Crippen molar-refractivity contribution in [2.45, 2.75) is 115 Å². The van der Waals surface area contributed by atoms with E-state index in [-0.39, 0.29) is 61.5 Å². The molecule has 0 spiro atoms. The number of aryl methyl sites for hydroxylation is 3. The molecule has 3 aromatic rings. The summed E-state index contributed by atoms with van der Waals surface area (Å²) in [6, 6.07) is 16.7. The number of benzene rings is 3. The maximum Gasteiger partial charge on any atom is 0.297 e. The van der Waals surface area contributed by atoms with Gasteiger partial charge in [0, 0.05) is 19.5 Å². The summed E-state index contributed by atoms with van der Waals surface area (Å²) in [6.45, 7) is 12.8. The second-order valence-electron chi connectivity index (χ2n) is 18.4. The first-order valence-corrected chi connectivity index (χ1v) is 24.5. The van der Waals surface area contributed by atoms with Gasteiger partial charge in [-0.25, -0.2) is 0 Å². The molecule has 4 rings (SSSR count). The summed E-state index contributed by atoms with van der Waals surface area (Å²) in [4.78, 5) is 72.2. The number of Topliss-reactive ketones (excluding diaryl/α,β-unsaturated/α-hetero) is 1. The third-order valence-electron chi connectivity index (χ3n) is 11.3. The SMILES string of the molecule is C#CCOc1cc(C)c(S(=O)(=O)OCC(C)(O)C(=O)[C@H](CC(C)C)NC(=O)[C@H](Cc2ccccc2)NC(=O)[C@H](CC(C)C)NC(=O)[C@H](CCc2ccccc2)NC(=O)CN2CCOCC2)c(C)c1. The molecule has 4 amide bonds. The van der Waals surface area contributed by atoms with Crippen molar-refractivity contribution in [3.8, 4) is 18.1 Å². The van der Waals surface area contributed by atoms with Gasteiger partial charge in [-0.1, -0.05) is 94.3 Å². The Morgan fingerprint density at radius 1 is 0.779 bits per heavy atom. The van der Waals surface area contributed by atoms with Gasteiger partial charge in [0.05, 0.1) is 25.8 Å². The van der Waals surface area contributed by atoms with Crippen LogP contribution in [0.3, 0.4) is 0 Å². The van der Waals surface area contributed by atoms with Gasteiger partial charge >= 0.3 is 0 Å². The number of nitrogens with zero attached hydrogens (tertiary/aromatic N) is 1. The van der Waals surface area contributed by atoms with E-state index in [4.69, 9.17) is 20.1 Å². The third-order valence-corrected chi connectivity index (χ3v) is 12.9. The van der Waals surface area contributed by atoms with Crippen LogP contribution in [0.15, 0.2) is 77.7 Å². The smallest absolute Gasteiger partial charge is 0.297 e. The van der Waals surface area contributed by atoms with Crippen molar-refractivity contribution >= 4 is 39.5 Å². The van der Waals surface area contributed by atoms with Gasteiger partial charge in [-0.2, -0.15) is 8.42 Å². The molecule has 370 valence electrons. The Labute approximate surface area is 401 Å². The van der Waals surface area contributed by atoms with Crippen LogP contribution in [0.2, 0.25) is 0 Å². The molecule has 3 aromatic carbocycles. The van der Waals surface area contributed by atoms with Gasteiger partial charge in [-0.05, 0) is 92.7 Å². The van der Waals surface area contributed by atoms with Crippen LogP contribution in [0.5, 0.6) is 5.75 Å². The highest BCUT2D eigenvalue weighted by atomic mass is 32.2. The number of ether oxygens (including phenoxy) is 2. The summed E-state index contributed by atoms with van der Waals surface area (Å²) in [6.07, 6.45) is 6.23. The fraction of sp³-hybridized carbons (Fsp3) is 0.510. The number of morpholine rings is 1. The highest BCUT2D eigenvalue weighted by molar-refractivity contribution is 7.86. The van der Waals surface area contributed by atoms with Crippen molar-refractivity contribution in [2.75, 3.05) is 46.1 Å². The summed E-state index contributed by atoms with van der Waals surface area (Å²) in [7, 11) is -4.52. The van der Waals surface area contributed by atoms with Gasteiger partial charge < -0.3 is 35.8 Å². The number of amides is 4. The van der Waals surface area contributed by atoms with E-state index in [2.05, 4.69) is 27.2 Å². The molecule has 0 bridgehead atoms. The van der Waals surface area contributed by atoms with Gasteiger partial charge in [-0.3, -0.25) is 33.1 Å². The van der Waals surface area contributed by atoms with Crippen molar-refractivity contribution in [1.82, 2.24) is 26.2 Å². The topological polar surface area (TPSA) is 219 Å². The van der Waals surface area contributed by atoms with Crippen molar-refractivity contribution in [2.24, 2.45) is 11.8 Å². The summed E-state index contributed by atoms with van der Waals surface area (Å²) in [5.41, 5.74) is -0.170. The molecule has 1 fully saturated rings. The van der Waals surface area contributed by atoms with Gasteiger partial charge in [0.2, 0.25) is 23.6 Å². The van der Waals surface area contributed by atoms with E-state index < -0.39 is 70.0 Å². The summed E-state index contributed by atoms with van der Waals surface area (Å²) >= 11 is 0. The first kappa shape index (κ1) is 55.0. The Morgan fingerprint density at radius 2 is 1.29 bits per heavy atom. The highest BCUT2D eigenvalue weighted by Gasteiger charge is 2.40. The minimum atomic E-state index is -4.52. The van der Waals surface area contributed by atoms with Crippen molar-refractivity contribution in [3.05, 3.63) is 95.1 Å². The number of carbonyl (C=O) groups is 5. The zero-order valence-electron chi connectivity index (χ0n) is 40.3. The monoisotopic (exact) mass is 959 g/mol. The average Bonchev–Trinajstić information content (AvgIpc) is 3.28. The number of nitrogens with one attached hydrogen (secondary N) is 4. The van der Waals surface area contributed by atoms with Crippen LogP contribution in [0.4, 0.5) is 0 Å². The Morgan fingerprint density at radius 3 is 1.87 bits per heavy atom. The van der Waals surface area contributed by atoms with Crippen LogP contribution in [-0.2, 0) is 55.9 Å². The number of aliphatic hydroxyl groups is 1. The predicted octanol–water partition coefficient (Wildman–Crippen LogP) is 3.58. The molecule has 17 heteroatoms. The van der Waals surface area contributed by atoms with Crippen molar-refractivity contribution < 1.29 is 51.2 Å². The first-order valence-electron chi connectivity index (χ1n) is 23.1. The molecule has 16 nitrogen and oxygen atoms in total. The lowest BCUT2D eigenvalue weighted by Gasteiger charge is -2.30. The second kappa shape index (κ2) is 26.2. The predicted molar refractivity (Wildman–Crippen MR) is 258 cm³/mol. The Kier molecular flexibility index (Phi) is 21.2. The minimum Gasteiger partial charge on any atom is -0.481 e. The molecular formula is C51H69N5O11S. The minimum absolute atomic E-state index is 0.0103. The lowest BCUT2D eigenvalue weighted by atomic mass is 9.90. The number of terminal acetylenes is 1. The van der Waals surface area contributed by atoms with E-state index in [9.17, 15) is 37.5 Å². The normalized spacial score (nSPS) is 15.8. The molecule has 1 aliphatic heterocycles. The fourth-order valence-electron chi connectivity index (χ4n) is 7.92. The standard InChI is InChI=1S/C51H69N5O11S/c1-9-24-66-40-29-36(6)46(37(7)30-40)68(63,64)67-33-51(8,62)47(58)42(27-34(2)3)53-50(61)44(31-39-18-14-11-15-19-39)55-49(60)43(28-35(4)5)54-48(59)41(21-20-38-16-12-10-13-17-38)52-45(57)32-56-22-25-65-26-23-56/h1,10-19,29-30,34-35,41-44,62H,20-28,31-33H2,2-8H3,(H,52,57)(H,53,61)(H,54,59)(H,55,60)/t41-,42-,43-,44-,51?/m0/s1. The van der Waals surface area contributed by atoms with E-state index in [0.29, 0.717) is 55.2 Å². The molecule has 5 atom stereocenters. The van der Waals surface area contributed by atoms with Crippen LogP contribution in [0, 0.1) is 38.0 Å². The van der Waals surface area contributed by atoms with Crippen LogP contribution in [-0.4, -0.2) is 124 Å². The van der Waals surface area contributed by atoms with Crippen LogP contribution in [0.1, 0.15) is 76.1 Å². The molecule has 1 aliphatic rings. The van der Waals surface area contributed by atoms with Gasteiger partial charge in [0.25, 0.3) is 10.1 Å². The molecule has 1 heterocycles. The maximum atomic E-state index is 14.4. The van der Waals surface area contributed by atoms with Crippen molar-refractivity contribution in [1.29, 1.82) is 0 Å². The summed E-state index contributed by atoms with van der Waals surface area (Å²) in [5, 5.41) is 22.9. The van der Waals surface area contributed by atoms with Crippen LogP contribution < -0.4 is 26.0 Å². The Hall–Kier alpha value is -5.64. The molecule has 0 aliphatic carbocycles. The van der Waals surface area contributed by atoms with E-state index in [0.717, 1.165) is 12.5 Å². The molecular weight excluding hydrogens is 891 g/mol. The molecule has 1 unspecified atom stereocenters. The van der Waals surface area contributed by atoms with Crippen LogP contribution in [0.25, 0.3) is 0 Å². The van der Waals surface area contributed by atoms with E-state index in [1.807, 2.05) is 62.9 Å². The molecule has 5 N–H and O–H groups in total. The zero-order chi connectivity index (χ0) is 50.0. The second-order valence-corrected chi connectivity index (χ2v) is 20.0. The maximum absolute atomic E-state index is 14.4. The van der Waals surface area contributed by atoms with Gasteiger partial charge in [0.1, 0.15) is 47.6 Å². The number of rotatable bonds is 26. The summed E-state index contributed by atoms with van der Waals surface area (Å²) in [5.74, 6) is -0.809. The molecule has 0 saturated carbocycles. The molecule has 0 aromatic heterocycles. The van der Waals surface area contributed by atoms with Gasteiger partial charge in [-0.15, -0.1) is 6.42 Å². The highest BCUT2D eigenvalue weighted by Crippen LogP contribution is 2.28. The lowest BCUT2D eigenvalue weighted by molar-refractivity contribution is -0.143. The molecule has 0 radical (unpaired) electrons. The van der Waals surface area contributed by atoms with E-state index in [1.54, 1.807) is 44.2 Å². The molecule has 1 saturated heterocycles. The average molecular weight is 960 g/mol. The number of ketones is 1. The van der Waals surface area contributed by atoms with E-state index >= 15 is 0 Å².